The first-order valence-electron chi connectivity index (χ1n) is 13.0. The van der Waals surface area contributed by atoms with Crippen LogP contribution in [-0.4, -0.2) is 57.1 Å². The Balaban J connectivity index is 1.90. The Hall–Kier alpha value is -3.07. The molecule has 0 radical (unpaired) electrons. The summed E-state index contributed by atoms with van der Waals surface area (Å²) in [5.74, 6) is 0.0510. The van der Waals surface area contributed by atoms with Crippen LogP contribution < -0.4 is 14.4 Å². The van der Waals surface area contributed by atoms with Crippen molar-refractivity contribution in [1.29, 1.82) is 0 Å². The maximum Gasteiger partial charge on any atom is 0.244 e. The Morgan fingerprint density at radius 1 is 1.00 bits per heavy atom. The summed E-state index contributed by atoms with van der Waals surface area (Å²) in [6.07, 6.45) is 6.35. The van der Waals surface area contributed by atoms with Crippen LogP contribution in [0.2, 0.25) is 0 Å². The van der Waals surface area contributed by atoms with E-state index in [9.17, 15) is 18.0 Å². The van der Waals surface area contributed by atoms with Gasteiger partial charge in [-0.05, 0) is 61.1 Å². The second-order valence-electron chi connectivity index (χ2n) is 9.57. The monoisotopic (exact) mass is 529 g/mol. The van der Waals surface area contributed by atoms with Gasteiger partial charge in [0.05, 0.1) is 19.1 Å². The van der Waals surface area contributed by atoms with Crippen LogP contribution in [0.25, 0.3) is 0 Å². The van der Waals surface area contributed by atoms with Crippen LogP contribution in [0.4, 0.5) is 5.69 Å². The number of nitrogens with one attached hydrogen (secondary N) is 1. The van der Waals surface area contributed by atoms with Crippen LogP contribution in [0.3, 0.4) is 0 Å². The summed E-state index contributed by atoms with van der Waals surface area (Å²) in [5.41, 5.74) is 2.31. The van der Waals surface area contributed by atoms with Crippen molar-refractivity contribution in [2.75, 3.05) is 24.2 Å². The number of carbonyl (C=O) groups is 2. The van der Waals surface area contributed by atoms with E-state index in [0.717, 1.165) is 53.8 Å². The number of hydrogen-bond acceptors (Lipinski definition) is 5. The van der Waals surface area contributed by atoms with E-state index in [4.69, 9.17) is 4.74 Å². The first-order chi connectivity index (χ1) is 17.7. The molecule has 1 atom stereocenters. The summed E-state index contributed by atoms with van der Waals surface area (Å²) in [7, 11) is -2.17. The zero-order valence-corrected chi connectivity index (χ0v) is 23.1. The first kappa shape index (κ1) is 28.5. The van der Waals surface area contributed by atoms with Crippen molar-refractivity contribution in [2.24, 2.45) is 0 Å². The van der Waals surface area contributed by atoms with Crippen LogP contribution in [0.5, 0.6) is 5.75 Å². The van der Waals surface area contributed by atoms with E-state index >= 15 is 0 Å². The maximum atomic E-state index is 13.8. The molecule has 1 N–H and O–H groups in total. The first-order valence-corrected chi connectivity index (χ1v) is 14.8. The minimum atomic E-state index is -3.75. The number of carbonyl (C=O) groups excluding carboxylic acids is 2. The van der Waals surface area contributed by atoms with E-state index < -0.39 is 28.5 Å². The van der Waals surface area contributed by atoms with Crippen LogP contribution in [0, 0.1) is 0 Å². The van der Waals surface area contributed by atoms with Crippen molar-refractivity contribution in [3.63, 3.8) is 0 Å². The zero-order valence-electron chi connectivity index (χ0n) is 22.3. The number of amides is 2. The van der Waals surface area contributed by atoms with E-state index in [2.05, 4.69) is 5.32 Å². The Bertz CT molecular complexity index is 1140. The Labute approximate surface area is 221 Å². The maximum absolute atomic E-state index is 13.8. The van der Waals surface area contributed by atoms with Gasteiger partial charge in [0.15, 0.2) is 0 Å². The quantitative estimate of drug-likeness (QED) is 0.450. The highest BCUT2D eigenvalue weighted by Crippen LogP contribution is 2.22. The van der Waals surface area contributed by atoms with Gasteiger partial charge in [-0.25, -0.2) is 8.42 Å². The zero-order chi connectivity index (χ0) is 27.0. The van der Waals surface area contributed by atoms with Crippen LogP contribution in [0.1, 0.15) is 57.1 Å². The fourth-order valence-corrected chi connectivity index (χ4v) is 5.58. The number of anilines is 1. The topological polar surface area (TPSA) is 96.0 Å². The molecule has 0 heterocycles. The molecule has 2 aromatic rings. The minimum Gasteiger partial charge on any atom is -0.497 e. The summed E-state index contributed by atoms with van der Waals surface area (Å²) < 4.78 is 31.8. The van der Waals surface area contributed by atoms with Gasteiger partial charge >= 0.3 is 0 Å². The van der Waals surface area contributed by atoms with E-state index in [1.54, 1.807) is 31.4 Å². The third-order valence-electron chi connectivity index (χ3n) is 6.91. The summed E-state index contributed by atoms with van der Waals surface area (Å²) in [6, 6.07) is 13.8. The average molecular weight is 530 g/mol. The lowest BCUT2D eigenvalue weighted by molar-refractivity contribution is -0.140. The van der Waals surface area contributed by atoms with Gasteiger partial charge in [-0.3, -0.25) is 13.9 Å². The van der Waals surface area contributed by atoms with Gasteiger partial charge in [0.2, 0.25) is 21.8 Å². The highest BCUT2D eigenvalue weighted by atomic mass is 32.2. The Kier molecular flexibility index (Phi) is 9.97. The molecule has 0 unspecified atom stereocenters. The molecule has 1 aliphatic carbocycles. The smallest absolute Gasteiger partial charge is 0.244 e. The number of benzene rings is 2. The Morgan fingerprint density at radius 2 is 1.59 bits per heavy atom. The molecule has 1 fully saturated rings. The number of sulfonamides is 1. The van der Waals surface area contributed by atoms with E-state index in [1.165, 1.54) is 4.90 Å². The van der Waals surface area contributed by atoms with Crippen molar-refractivity contribution < 1.29 is 22.7 Å². The summed E-state index contributed by atoms with van der Waals surface area (Å²) >= 11 is 0. The molecule has 37 heavy (non-hydrogen) atoms. The van der Waals surface area contributed by atoms with Gasteiger partial charge in [0.1, 0.15) is 18.3 Å². The van der Waals surface area contributed by atoms with Crippen molar-refractivity contribution in [1.82, 2.24) is 10.2 Å². The predicted molar refractivity (Wildman–Crippen MR) is 146 cm³/mol. The molecule has 2 aromatic carbocycles. The summed E-state index contributed by atoms with van der Waals surface area (Å²) in [6.45, 7) is 3.66. The molecule has 8 nitrogen and oxygen atoms in total. The van der Waals surface area contributed by atoms with Gasteiger partial charge in [-0.15, -0.1) is 0 Å². The summed E-state index contributed by atoms with van der Waals surface area (Å²) in [4.78, 5) is 28.6. The fourth-order valence-electron chi connectivity index (χ4n) is 4.73. The number of hydrogen-bond donors (Lipinski definition) is 1. The lowest BCUT2D eigenvalue weighted by Crippen LogP contribution is -2.53. The van der Waals surface area contributed by atoms with Gasteiger partial charge in [0, 0.05) is 12.6 Å². The molecule has 0 aliphatic heterocycles. The average Bonchev–Trinajstić information content (AvgIpc) is 3.40. The van der Waals surface area contributed by atoms with Crippen LogP contribution >= 0.6 is 0 Å². The van der Waals surface area contributed by atoms with Crippen molar-refractivity contribution in [2.45, 2.75) is 71.0 Å². The summed E-state index contributed by atoms with van der Waals surface area (Å²) in [5, 5.41) is 3.11. The van der Waals surface area contributed by atoms with Gasteiger partial charge in [0.25, 0.3) is 0 Å². The molecule has 0 spiro atoms. The number of ether oxygens (including phenoxy) is 1. The largest absolute Gasteiger partial charge is 0.497 e. The van der Waals surface area contributed by atoms with Crippen LogP contribution in [-0.2, 0) is 32.6 Å². The van der Waals surface area contributed by atoms with Crippen LogP contribution in [0.15, 0.2) is 48.5 Å². The Morgan fingerprint density at radius 3 is 2.11 bits per heavy atom. The second kappa shape index (κ2) is 12.9. The molecule has 2 amide bonds. The molecule has 0 saturated heterocycles. The van der Waals surface area contributed by atoms with Gasteiger partial charge in [-0.2, -0.15) is 0 Å². The van der Waals surface area contributed by atoms with E-state index in [0.29, 0.717) is 17.9 Å². The van der Waals surface area contributed by atoms with E-state index in [-0.39, 0.29) is 18.5 Å². The SMILES string of the molecule is CCc1ccc(N(CC(=O)N(Cc2ccc(OC)cc2)[C@H](CC)C(=O)NC2CCCC2)S(C)(=O)=O)cc1. The number of aryl methyl sites for hydroxylation is 1. The fraction of sp³-hybridized carbons (Fsp3) is 0.500. The molecular weight excluding hydrogens is 490 g/mol. The number of nitrogens with zero attached hydrogens (tertiary/aromatic N) is 2. The number of methoxy groups -OCH3 is 1. The van der Waals surface area contributed by atoms with Gasteiger partial charge in [-0.1, -0.05) is 51.0 Å². The molecule has 202 valence electrons. The van der Waals surface area contributed by atoms with Crippen molar-refractivity contribution in [3.8, 4) is 5.75 Å². The molecule has 0 aromatic heterocycles. The third-order valence-corrected chi connectivity index (χ3v) is 8.05. The normalized spacial score (nSPS) is 14.7. The molecule has 3 rings (SSSR count). The third kappa shape index (κ3) is 7.71. The second-order valence-corrected chi connectivity index (χ2v) is 11.5. The molecule has 9 heteroatoms. The minimum absolute atomic E-state index is 0.115. The highest BCUT2D eigenvalue weighted by Gasteiger charge is 2.33. The molecule has 1 saturated carbocycles. The molecular formula is C28H39N3O5S. The standard InChI is InChI=1S/C28H39N3O5S/c1-5-21-11-15-24(16-12-21)31(37(4,34)35)20-27(32)30(19-22-13-17-25(36-3)18-14-22)26(6-2)28(33)29-23-9-7-8-10-23/h11-18,23,26H,5-10,19-20H2,1-4H3,(H,29,33)/t26-/m1/s1. The molecule has 0 bridgehead atoms. The molecule has 1 aliphatic rings. The predicted octanol–water partition coefficient (Wildman–Crippen LogP) is 3.89. The van der Waals surface area contributed by atoms with Gasteiger partial charge < -0.3 is 15.0 Å². The highest BCUT2D eigenvalue weighted by molar-refractivity contribution is 7.92. The van der Waals surface area contributed by atoms with Crippen molar-refractivity contribution in [3.05, 3.63) is 59.7 Å². The lowest BCUT2D eigenvalue weighted by atomic mass is 10.1. The van der Waals surface area contributed by atoms with E-state index in [1.807, 2.05) is 38.1 Å². The lowest BCUT2D eigenvalue weighted by Gasteiger charge is -2.33. The number of rotatable bonds is 12. The van der Waals surface area contributed by atoms with Crippen molar-refractivity contribution >= 4 is 27.5 Å².